The van der Waals surface area contributed by atoms with Gasteiger partial charge in [0.05, 0.1) is 18.1 Å². The third kappa shape index (κ3) is 1.66. The molecule has 0 radical (unpaired) electrons. The van der Waals surface area contributed by atoms with Gasteiger partial charge in [-0.2, -0.15) is 0 Å². The minimum Gasteiger partial charge on any atom is -0.478 e. The second-order valence-electron chi connectivity index (χ2n) is 2.86. The molecule has 2 rings (SSSR count). The molecule has 15 heavy (non-hydrogen) atoms. The maximum Gasteiger partial charge on any atom is 0.259 e. The normalized spacial score (nSPS) is 10.3. The number of ether oxygens (including phenoxy) is 1. The second kappa shape index (κ2) is 3.66. The summed E-state index contributed by atoms with van der Waals surface area (Å²) >= 11 is 0. The SMILES string of the molecule is COc1nc2cc(F)ccc2nc1NN. The van der Waals surface area contributed by atoms with Crippen molar-refractivity contribution < 1.29 is 9.13 Å². The van der Waals surface area contributed by atoms with Gasteiger partial charge < -0.3 is 10.2 Å². The van der Waals surface area contributed by atoms with Crippen molar-refractivity contribution in [2.45, 2.75) is 0 Å². The number of halogens is 1. The number of nitrogen functional groups attached to an aromatic ring is 1. The Labute approximate surface area is 85.1 Å². The van der Waals surface area contributed by atoms with Gasteiger partial charge in [-0.05, 0) is 12.1 Å². The van der Waals surface area contributed by atoms with Gasteiger partial charge in [-0.1, -0.05) is 0 Å². The number of benzene rings is 1. The van der Waals surface area contributed by atoms with Crippen molar-refractivity contribution in [3.63, 3.8) is 0 Å². The highest BCUT2D eigenvalue weighted by molar-refractivity contribution is 5.77. The van der Waals surface area contributed by atoms with Gasteiger partial charge in [0.15, 0.2) is 0 Å². The molecule has 0 saturated heterocycles. The molecule has 0 fully saturated rings. The van der Waals surface area contributed by atoms with E-state index in [9.17, 15) is 4.39 Å². The highest BCUT2D eigenvalue weighted by Gasteiger charge is 2.08. The molecule has 1 aromatic carbocycles. The van der Waals surface area contributed by atoms with Gasteiger partial charge in [-0.15, -0.1) is 0 Å². The number of nitrogens with two attached hydrogens (primary N) is 1. The molecule has 0 spiro atoms. The Hall–Kier alpha value is -1.95. The molecule has 5 nitrogen and oxygen atoms in total. The molecule has 0 unspecified atom stereocenters. The van der Waals surface area contributed by atoms with Crippen molar-refractivity contribution in [1.29, 1.82) is 0 Å². The smallest absolute Gasteiger partial charge is 0.259 e. The van der Waals surface area contributed by atoms with Crippen molar-refractivity contribution >= 4 is 16.9 Å². The molecule has 1 aromatic heterocycles. The quantitative estimate of drug-likeness (QED) is 0.570. The fourth-order valence-electron chi connectivity index (χ4n) is 1.25. The van der Waals surface area contributed by atoms with Crippen molar-refractivity contribution in [2.24, 2.45) is 5.84 Å². The summed E-state index contributed by atoms with van der Waals surface area (Å²) in [5.74, 6) is 5.42. The maximum atomic E-state index is 12.9. The number of methoxy groups -OCH3 is 1. The average Bonchev–Trinajstić information content (AvgIpc) is 2.27. The lowest BCUT2D eigenvalue weighted by atomic mass is 10.3. The molecular formula is C9H9FN4O. The van der Waals surface area contributed by atoms with Crippen LogP contribution in [0.4, 0.5) is 10.2 Å². The van der Waals surface area contributed by atoms with Crippen LogP contribution >= 0.6 is 0 Å². The van der Waals surface area contributed by atoms with Crippen molar-refractivity contribution in [3.8, 4) is 5.88 Å². The molecular weight excluding hydrogens is 199 g/mol. The zero-order valence-electron chi connectivity index (χ0n) is 7.99. The Morgan fingerprint density at radius 1 is 1.33 bits per heavy atom. The van der Waals surface area contributed by atoms with E-state index in [1.54, 1.807) is 0 Å². The highest BCUT2D eigenvalue weighted by Crippen LogP contribution is 2.22. The van der Waals surface area contributed by atoms with Crippen LogP contribution in [0, 0.1) is 5.82 Å². The molecule has 2 aromatic rings. The summed E-state index contributed by atoms with van der Waals surface area (Å²) in [6.07, 6.45) is 0. The summed E-state index contributed by atoms with van der Waals surface area (Å²) in [4.78, 5) is 8.17. The molecule has 0 saturated carbocycles. The molecule has 1 heterocycles. The highest BCUT2D eigenvalue weighted by atomic mass is 19.1. The molecule has 0 aliphatic rings. The van der Waals surface area contributed by atoms with Gasteiger partial charge in [0.25, 0.3) is 5.88 Å². The third-order valence-corrected chi connectivity index (χ3v) is 1.92. The Balaban J connectivity index is 2.69. The van der Waals surface area contributed by atoms with Crippen molar-refractivity contribution in [1.82, 2.24) is 9.97 Å². The lowest BCUT2D eigenvalue weighted by molar-refractivity contribution is 0.400. The molecule has 0 aliphatic heterocycles. The number of fused-ring (bicyclic) bond motifs is 1. The topological polar surface area (TPSA) is 73.1 Å². The van der Waals surface area contributed by atoms with Crippen LogP contribution < -0.4 is 16.0 Å². The summed E-state index contributed by atoms with van der Waals surface area (Å²) in [6, 6.07) is 4.12. The minimum atomic E-state index is -0.368. The standard InChI is InChI=1S/C9H9FN4O/c1-15-9-8(14-11)12-6-3-2-5(10)4-7(6)13-9/h2-4H,11H2,1H3,(H,12,14). The summed E-state index contributed by atoms with van der Waals surface area (Å²) in [7, 11) is 1.44. The predicted molar refractivity (Wildman–Crippen MR) is 53.9 cm³/mol. The number of hydrogen-bond donors (Lipinski definition) is 2. The lowest BCUT2D eigenvalue weighted by Crippen LogP contribution is -2.11. The van der Waals surface area contributed by atoms with E-state index >= 15 is 0 Å². The lowest BCUT2D eigenvalue weighted by Gasteiger charge is -2.06. The molecule has 0 atom stereocenters. The Morgan fingerprint density at radius 3 is 2.80 bits per heavy atom. The van der Waals surface area contributed by atoms with Crippen LogP contribution in [0.1, 0.15) is 0 Å². The van der Waals surface area contributed by atoms with E-state index in [1.807, 2.05) is 0 Å². The van der Waals surface area contributed by atoms with E-state index in [1.165, 1.54) is 25.3 Å². The van der Waals surface area contributed by atoms with Crippen LogP contribution in [0.15, 0.2) is 18.2 Å². The number of hydrazine groups is 1. The predicted octanol–water partition coefficient (Wildman–Crippen LogP) is 1.06. The van der Waals surface area contributed by atoms with E-state index in [-0.39, 0.29) is 11.7 Å². The van der Waals surface area contributed by atoms with Crippen LogP contribution in [0.2, 0.25) is 0 Å². The van der Waals surface area contributed by atoms with E-state index in [0.717, 1.165) is 0 Å². The zero-order chi connectivity index (χ0) is 10.8. The fraction of sp³-hybridized carbons (Fsp3) is 0.111. The van der Waals surface area contributed by atoms with Crippen LogP contribution in [-0.2, 0) is 0 Å². The van der Waals surface area contributed by atoms with Gasteiger partial charge in [0.1, 0.15) is 5.82 Å². The number of aromatic nitrogens is 2. The molecule has 3 N–H and O–H groups in total. The Kier molecular flexibility index (Phi) is 2.34. The summed E-state index contributed by atoms with van der Waals surface area (Å²) in [5.41, 5.74) is 3.33. The van der Waals surface area contributed by atoms with E-state index in [4.69, 9.17) is 10.6 Å². The molecule has 6 heteroatoms. The van der Waals surface area contributed by atoms with Gasteiger partial charge in [0, 0.05) is 6.07 Å². The number of nitrogens with one attached hydrogen (secondary N) is 1. The molecule has 0 aliphatic carbocycles. The average molecular weight is 208 g/mol. The molecule has 0 bridgehead atoms. The molecule has 0 amide bonds. The van der Waals surface area contributed by atoms with Crippen LogP contribution in [0.5, 0.6) is 5.88 Å². The van der Waals surface area contributed by atoms with Gasteiger partial charge in [0.2, 0.25) is 5.82 Å². The first kappa shape index (κ1) is 9.60. The first-order valence-corrected chi connectivity index (χ1v) is 4.22. The summed E-state index contributed by atoms with van der Waals surface area (Å²) in [6.45, 7) is 0. The number of rotatable bonds is 2. The third-order valence-electron chi connectivity index (χ3n) is 1.92. The number of anilines is 1. The number of nitrogens with zero attached hydrogens (tertiary/aromatic N) is 2. The monoisotopic (exact) mass is 208 g/mol. The van der Waals surface area contributed by atoms with Gasteiger partial charge in [-0.3, -0.25) is 0 Å². The van der Waals surface area contributed by atoms with Gasteiger partial charge >= 0.3 is 0 Å². The van der Waals surface area contributed by atoms with Crippen LogP contribution in [0.25, 0.3) is 11.0 Å². The summed E-state index contributed by atoms with van der Waals surface area (Å²) in [5, 5.41) is 0. The van der Waals surface area contributed by atoms with Crippen molar-refractivity contribution in [2.75, 3.05) is 12.5 Å². The fourth-order valence-corrected chi connectivity index (χ4v) is 1.25. The van der Waals surface area contributed by atoms with E-state index in [2.05, 4.69) is 15.4 Å². The Bertz CT molecular complexity index is 503. The van der Waals surface area contributed by atoms with E-state index < -0.39 is 0 Å². The minimum absolute atomic E-state index is 0.232. The number of hydrogen-bond acceptors (Lipinski definition) is 5. The van der Waals surface area contributed by atoms with Crippen molar-refractivity contribution in [3.05, 3.63) is 24.0 Å². The first-order chi connectivity index (χ1) is 7.24. The maximum absolute atomic E-state index is 12.9. The molecule has 78 valence electrons. The van der Waals surface area contributed by atoms with Gasteiger partial charge in [-0.25, -0.2) is 20.2 Å². The van der Waals surface area contributed by atoms with Crippen LogP contribution in [-0.4, -0.2) is 17.1 Å². The largest absolute Gasteiger partial charge is 0.478 e. The van der Waals surface area contributed by atoms with E-state index in [0.29, 0.717) is 16.9 Å². The Morgan fingerprint density at radius 2 is 2.13 bits per heavy atom. The zero-order valence-corrected chi connectivity index (χ0v) is 7.99. The summed E-state index contributed by atoms with van der Waals surface area (Å²) < 4.78 is 17.9. The first-order valence-electron chi connectivity index (χ1n) is 4.22. The van der Waals surface area contributed by atoms with Crippen LogP contribution in [0.3, 0.4) is 0 Å². The second-order valence-corrected chi connectivity index (χ2v) is 2.86.